The first-order chi connectivity index (χ1) is 26.1. The molecule has 274 valence electrons. The summed E-state index contributed by atoms with van der Waals surface area (Å²) in [5.41, 5.74) is 3.38. The van der Waals surface area contributed by atoms with Gasteiger partial charge in [-0.25, -0.2) is 4.79 Å². The third-order valence-electron chi connectivity index (χ3n) is 8.06. The highest BCUT2D eigenvalue weighted by atomic mass is 79.9. The van der Waals surface area contributed by atoms with Crippen LogP contribution in [0.2, 0.25) is 0 Å². The molecular formula is C42H36BrN3O7S. The Labute approximate surface area is 325 Å². The van der Waals surface area contributed by atoms with Crippen molar-refractivity contribution < 1.29 is 33.8 Å². The fourth-order valence-electron chi connectivity index (χ4n) is 5.42. The molecule has 3 amide bonds. The monoisotopic (exact) mass is 805 g/mol. The van der Waals surface area contributed by atoms with E-state index in [2.05, 4.69) is 32.8 Å². The molecule has 5 rings (SSSR count). The van der Waals surface area contributed by atoms with Crippen molar-refractivity contribution in [1.29, 1.82) is 0 Å². The SMILES string of the molecule is C=C/C=C\C(=C/C)N1C(=O)/C(=C/c2cc(Br)c(OCc3ccc(C(=O)O)cc3)c(OC)c2)C(=O)N=C1SCC(=O)NC(c1ccccc1)c1ccccc1. The predicted octanol–water partition coefficient (Wildman–Crippen LogP) is 8.13. The van der Waals surface area contributed by atoms with Crippen LogP contribution in [0.1, 0.15) is 45.6 Å². The molecule has 4 aromatic rings. The summed E-state index contributed by atoms with van der Waals surface area (Å²) in [6.45, 7) is 5.59. The second-order valence-corrected chi connectivity index (χ2v) is 13.4. The van der Waals surface area contributed by atoms with Crippen LogP contribution in [-0.4, -0.2) is 51.7 Å². The number of amides is 3. The predicted molar refractivity (Wildman–Crippen MR) is 214 cm³/mol. The number of carboxylic acid groups (broad SMARTS) is 1. The van der Waals surface area contributed by atoms with Crippen LogP contribution in [0.3, 0.4) is 0 Å². The molecule has 0 atom stereocenters. The van der Waals surface area contributed by atoms with Gasteiger partial charge < -0.3 is 19.9 Å². The normalized spacial score (nSPS) is 14.0. The Morgan fingerprint density at radius 3 is 2.22 bits per heavy atom. The number of rotatable bonds is 14. The topological polar surface area (TPSA) is 135 Å². The number of carboxylic acids is 1. The number of thioether (sulfide) groups is 1. The van der Waals surface area contributed by atoms with Crippen LogP contribution in [0.25, 0.3) is 6.08 Å². The number of hydrogen-bond acceptors (Lipinski definition) is 7. The summed E-state index contributed by atoms with van der Waals surface area (Å²) in [6, 6.07) is 28.4. The molecule has 0 bridgehead atoms. The molecular weight excluding hydrogens is 770 g/mol. The molecule has 12 heteroatoms. The number of benzene rings is 4. The van der Waals surface area contributed by atoms with E-state index in [1.165, 1.54) is 30.2 Å². The number of hydrogen-bond donors (Lipinski definition) is 2. The zero-order chi connectivity index (χ0) is 38.6. The van der Waals surface area contributed by atoms with Crippen molar-refractivity contribution in [2.75, 3.05) is 12.9 Å². The summed E-state index contributed by atoms with van der Waals surface area (Å²) in [7, 11) is 1.46. The minimum Gasteiger partial charge on any atom is -0.493 e. The molecule has 0 spiro atoms. The molecule has 0 saturated heterocycles. The number of aliphatic imine (C=N–C) groups is 1. The summed E-state index contributed by atoms with van der Waals surface area (Å²) in [5.74, 6) is -2.17. The molecule has 1 aliphatic rings. The van der Waals surface area contributed by atoms with Gasteiger partial charge in [0.15, 0.2) is 16.7 Å². The summed E-state index contributed by atoms with van der Waals surface area (Å²) in [4.78, 5) is 57.9. The van der Waals surface area contributed by atoms with Crippen molar-refractivity contribution in [3.8, 4) is 11.5 Å². The van der Waals surface area contributed by atoms with Gasteiger partial charge in [0.25, 0.3) is 11.8 Å². The Kier molecular flexibility index (Phi) is 13.6. The van der Waals surface area contributed by atoms with E-state index in [-0.39, 0.29) is 34.6 Å². The molecule has 0 radical (unpaired) electrons. The van der Waals surface area contributed by atoms with Crippen molar-refractivity contribution in [3.63, 3.8) is 0 Å². The minimum atomic E-state index is -1.02. The van der Waals surface area contributed by atoms with Gasteiger partial charge >= 0.3 is 5.97 Å². The van der Waals surface area contributed by atoms with Crippen LogP contribution in [0.4, 0.5) is 0 Å². The van der Waals surface area contributed by atoms with Gasteiger partial charge in [0.1, 0.15) is 12.2 Å². The number of methoxy groups -OCH3 is 1. The van der Waals surface area contributed by atoms with Crippen molar-refractivity contribution in [2.45, 2.75) is 19.6 Å². The van der Waals surface area contributed by atoms with E-state index in [0.29, 0.717) is 27.2 Å². The lowest BCUT2D eigenvalue weighted by Gasteiger charge is -2.28. The lowest BCUT2D eigenvalue weighted by atomic mass is 9.99. The number of amidine groups is 1. The number of allylic oxidation sites excluding steroid dienone is 4. The van der Waals surface area contributed by atoms with Crippen LogP contribution in [0.5, 0.6) is 11.5 Å². The van der Waals surface area contributed by atoms with Crippen molar-refractivity contribution in [1.82, 2.24) is 10.2 Å². The number of nitrogens with one attached hydrogen (secondary N) is 1. The summed E-state index contributed by atoms with van der Waals surface area (Å²) in [5, 5.41) is 12.3. The largest absolute Gasteiger partial charge is 0.493 e. The first-order valence-corrected chi connectivity index (χ1v) is 18.4. The molecule has 4 aromatic carbocycles. The van der Waals surface area contributed by atoms with Gasteiger partial charge in [0, 0.05) is 5.70 Å². The fourth-order valence-corrected chi connectivity index (χ4v) is 6.80. The number of halogens is 1. The molecule has 0 aromatic heterocycles. The van der Waals surface area contributed by atoms with Crippen LogP contribution < -0.4 is 14.8 Å². The highest BCUT2D eigenvalue weighted by molar-refractivity contribution is 9.10. The van der Waals surface area contributed by atoms with Gasteiger partial charge in [0.05, 0.1) is 28.9 Å². The number of ether oxygens (including phenoxy) is 2. The van der Waals surface area contributed by atoms with E-state index < -0.39 is 23.8 Å². The fraction of sp³-hybridized carbons (Fsp3) is 0.119. The van der Waals surface area contributed by atoms with E-state index in [4.69, 9.17) is 14.6 Å². The van der Waals surface area contributed by atoms with E-state index in [0.717, 1.165) is 28.5 Å². The van der Waals surface area contributed by atoms with Crippen molar-refractivity contribution in [2.24, 2.45) is 4.99 Å². The van der Waals surface area contributed by atoms with Gasteiger partial charge in [-0.05, 0) is 81.5 Å². The number of nitrogens with zero attached hydrogens (tertiary/aromatic N) is 2. The molecule has 54 heavy (non-hydrogen) atoms. The maximum absolute atomic E-state index is 14.2. The first kappa shape index (κ1) is 39.2. The highest BCUT2D eigenvalue weighted by Gasteiger charge is 2.35. The van der Waals surface area contributed by atoms with Gasteiger partial charge in [-0.1, -0.05) is 109 Å². The van der Waals surface area contributed by atoms with Crippen molar-refractivity contribution >= 4 is 62.6 Å². The zero-order valence-corrected chi connectivity index (χ0v) is 31.8. The van der Waals surface area contributed by atoms with Gasteiger partial charge in [-0.15, -0.1) is 0 Å². The highest BCUT2D eigenvalue weighted by Crippen LogP contribution is 2.38. The standard InChI is InChI=1S/C42H36BrN3O7S/c1-4-6-17-32(5-2)46-40(49)33(22-28-23-34(43)38(35(24-28)52-3)53-25-27-18-20-31(21-19-27)41(50)51)39(48)45-42(46)54-26-36(47)44-37(29-13-9-7-10-14-29)30-15-11-8-12-16-30/h4-24,37H,1,25-26H2,2-3H3,(H,44,47)(H,50,51)/b17-6-,32-5+,33-22+. The molecule has 0 fully saturated rings. The van der Waals surface area contributed by atoms with E-state index >= 15 is 0 Å². The van der Waals surface area contributed by atoms with Crippen LogP contribution in [0.15, 0.2) is 149 Å². The minimum absolute atomic E-state index is 0.0500. The second kappa shape index (κ2) is 18.7. The Morgan fingerprint density at radius 1 is 1.00 bits per heavy atom. The third-order valence-corrected chi connectivity index (χ3v) is 9.59. The van der Waals surface area contributed by atoms with Crippen molar-refractivity contribution in [3.05, 3.63) is 172 Å². The van der Waals surface area contributed by atoms with E-state index in [1.54, 1.807) is 55.5 Å². The number of carbonyl (C=O) groups is 4. The maximum atomic E-state index is 14.2. The smallest absolute Gasteiger partial charge is 0.335 e. The van der Waals surface area contributed by atoms with Gasteiger partial charge in [-0.2, -0.15) is 4.99 Å². The Balaban J connectivity index is 1.40. The van der Waals surface area contributed by atoms with Crippen LogP contribution in [-0.2, 0) is 21.0 Å². The average molecular weight is 807 g/mol. The molecule has 1 heterocycles. The number of aromatic carboxylic acids is 1. The second-order valence-electron chi connectivity index (χ2n) is 11.6. The lowest BCUT2D eigenvalue weighted by Crippen LogP contribution is -2.42. The summed E-state index contributed by atoms with van der Waals surface area (Å²) >= 11 is 4.49. The molecule has 0 saturated carbocycles. The Hall–Kier alpha value is -5.98. The molecule has 10 nitrogen and oxygen atoms in total. The van der Waals surface area contributed by atoms with E-state index in [1.807, 2.05) is 60.7 Å². The third kappa shape index (κ3) is 9.71. The van der Waals surface area contributed by atoms with Gasteiger partial charge in [0.2, 0.25) is 5.91 Å². The molecule has 0 aliphatic carbocycles. The summed E-state index contributed by atoms with van der Waals surface area (Å²) in [6.07, 6.45) is 8.00. The van der Waals surface area contributed by atoms with E-state index in [9.17, 15) is 19.2 Å². The van der Waals surface area contributed by atoms with Crippen LogP contribution in [0, 0.1) is 0 Å². The zero-order valence-electron chi connectivity index (χ0n) is 29.4. The quantitative estimate of drug-likeness (QED) is 0.0742. The number of carbonyl (C=O) groups excluding carboxylic acids is 3. The average Bonchev–Trinajstić information content (AvgIpc) is 3.18. The first-order valence-electron chi connectivity index (χ1n) is 16.6. The molecule has 2 N–H and O–H groups in total. The summed E-state index contributed by atoms with van der Waals surface area (Å²) < 4.78 is 12.1. The lowest BCUT2D eigenvalue weighted by molar-refractivity contribution is -0.126. The molecule has 0 unspecified atom stereocenters. The Bertz CT molecular complexity index is 2130. The Morgan fingerprint density at radius 2 is 1.65 bits per heavy atom. The maximum Gasteiger partial charge on any atom is 0.335 e. The van der Waals surface area contributed by atoms with Crippen LogP contribution >= 0.6 is 27.7 Å². The van der Waals surface area contributed by atoms with Gasteiger partial charge in [-0.3, -0.25) is 19.3 Å². The molecule has 1 aliphatic heterocycles.